The molecular formula is C16H22F3N3O2S. The Bertz CT molecular complexity index is 547. The van der Waals surface area contributed by atoms with Crippen LogP contribution in [-0.4, -0.2) is 60.9 Å². The summed E-state index contributed by atoms with van der Waals surface area (Å²) in [6.45, 7) is 3.25. The number of hydrogen-bond acceptors (Lipinski definition) is 5. The molecule has 0 saturated carbocycles. The van der Waals surface area contributed by atoms with E-state index in [0.717, 1.165) is 56.5 Å². The second-order valence-corrected chi connectivity index (χ2v) is 6.79. The number of methoxy groups -OCH3 is 1. The van der Waals surface area contributed by atoms with Gasteiger partial charge in [0.25, 0.3) is 0 Å². The number of carbonyl (C=O) groups excluding carboxylic acids is 1. The molecule has 0 atom stereocenters. The van der Waals surface area contributed by atoms with Gasteiger partial charge in [-0.25, -0.2) is 4.98 Å². The smallest absolute Gasteiger partial charge is 0.381 e. The zero-order valence-electron chi connectivity index (χ0n) is 14.0. The number of alkyl halides is 3. The van der Waals surface area contributed by atoms with Crippen LogP contribution in [0.2, 0.25) is 0 Å². The van der Waals surface area contributed by atoms with Gasteiger partial charge in [-0.15, -0.1) is 0 Å². The van der Waals surface area contributed by atoms with Crippen LogP contribution in [0.5, 0.6) is 0 Å². The van der Waals surface area contributed by atoms with Gasteiger partial charge in [-0.1, -0.05) is 11.8 Å². The molecule has 25 heavy (non-hydrogen) atoms. The third-order valence-corrected chi connectivity index (χ3v) is 4.98. The summed E-state index contributed by atoms with van der Waals surface area (Å²) in [4.78, 5) is 17.8. The van der Waals surface area contributed by atoms with Crippen molar-refractivity contribution in [3.8, 4) is 0 Å². The number of aromatic nitrogens is 1. The van der Waals surface area contributed by atoms with Crippen LogP contribution in [0.3, 0.4) is 0 Å². The zero-order chi connectivity index (χ0) is 18.3. The van der Waals surface area contributed by atoms with Crippen LogP contribution in [0.1, 0.15) is 18.4 Å². The standard InChI is InChI=1S/C16H22F3N3O2S/c1-24-13-4-7-22(8-5-13)9-6-20-14(23)11-25-15-3-2-12(10-21-15)16(17,18)19/h2-3,10,13H,4-9,11H2,1H3,(H,20,23). The molecule has 1 fully saturated rings. The lowest BCUT2D eigenvalue weighted by Crippen LogP contribution is -2.41. The highest BCUT2D eigenvalue weighted by molar-refractivity contribution is 7.99. The average Bonchev–Trinajstić information content (AvgIpc) is 2.60. The average molecular weight is 377 g/mol. The molecular weight excluding hydrogens is 355 g/mol. The minimum atomic E-state index is -4.40. The van der Waals surface area contributed by atoms with E-state index in [1.165, 1.54) is 6.07 Å². The molecule has 1 aliphatic heterocycles. The number of carbonyl (C=O) groups is 1. The molecule has 1 aromatic heterocycles. The molecule has 0 unspecified atom stereocenters. The van der Waals surface area contributed by atoms with E-state index >= 15 is 0 Å². The number of pyridine rings is 1. The molecule has 0 radical (unpaired) electrons. The number of hydrogen-bond donors (Lipinski definition) is 1. The molecule has 9 heteroatoms. The molecule has 0 aliphatic carbocycles. The lowest BCUT2D eigenvalue weighted by molar-refractivity contribution is -0.137. The molecule has 1 aliphatic rings. The van der Waals surface area contributed by atoms with E-state index in [4.69, 9.17) is 4.74 Å². The van der Waals surface area contributed by atoms with Crippen LogP contribution in [0, 0.1) is 0 Å². The number of thioether (sulfide) groups is 1. The second-order valence-electron chi connectivity index (χ2n) is 5.80. The third-order valence-electron chi connectivity index (χ3n) is 4.03. The molecule has 140 valence electrons. The quantitative estimate of drug-likeness (QED) is 0.740. The number of nitrogens with zero attached hydrogens (tertiary/aromatic N) is 2. The summed E-state index contributed by atoms with van der Waals surface area (Å²) in [6, 6.07) is 2.25. The molecule has 0 aromatic carbocycles. The van der Waals surface area contributed by atoms with Crippen molar-refractivity contribution in [2.45, 2.75) is 30.1 Å². The number of piperidine rings is 1. The minimum Gasteiger partial charge on any atom is -0.381 e. The normalized spacial score (nSPS) is 16.8. The number of amides is 1. The Balaban J connectivity index is 1.62. The molecule has 2 heterocycles. The number of likely N-dealkylation sites (tertiary alicyclic amines) is 1. The lowest BCUT2D eigenvalue weighted by Gasteiger charge is -2.31. The molecule has 0 spiro atoms. The van der Waals surface area contributed by atoms with Gasteiger partial charge >= 0.3 is 6.18 Å². The van der Waals surface area contributed by atoms with Gasteiger partial charge < -0.3 is 15.0 Å². The summed E-state index contributed by atoms with van der Waals surface area (Å²) < 4.78 is 42.7. The largest absolute Gasteiger partial charge is 0.417 e. The molecule has 1 saturated heterocycles. The van der Waals surface area contributed by atoms with Gasteiger partial charge in [-0.2, -0.15) is 13.2 Å². The first kappa shape index (κ1) is 20.0. The summed E-state index contributed by atoms with van der Waals surface area (Å²) in [7, 11) is 1.73. The van der Waals surface area contributed by atoms with Crippen molar-refractivity contribution < 1.29 is 22.7 Å². The Morgan fingerprint density at radius 3 is 2.68 bits per heavy atom. The summed E-state index contributed by atoms with van der Waals surface area (Å²) in [5.41, 5.74) is -0.793. The number of ether oxygens (including phenoxy) is 1. The van der Waals surface area contributed by atoms with Crippen LogP contribution >= 0.6 is 11.8 Å². The summed E-state index contributed by atoms with van der Waals surface area (Å²) in [5, 5.41) is 3.21. The zero-order valence-corrected chi connectivity index (χ0v) is 14.8. The van der Waals surface area contributed by atoms with E-state index in [-0.39, 0.29) is 11.7 Å². The van der Waals surface area contributed by atoms with E-state index in [1.54, 1.807) is 7.11 Å². The van der Waals surface area contributed by atoms with E-state index in [9.17, 15) is 18.0 Å². The molecule has 1 aromatic rings. The van der Waals surface area contributed by atoms with Gasteiger partial charge in [0.15, 0.2) is 0 Å². The van der Waals surface area contributed by atoms with Crippen LogP contribution in [0.15, 0.2) is 23.4 Å². The van der Waals surface area contributed by atoms with Crippen molar-refractivity contribution in [2.24, 2.45) is 0 Å². The Morgan fingerprint density at radius 1 is 1.40 bits per heavy atom. The summed E-state index contributed by atoms with van der Waals surface area (Å²) in [5.74, 6) is -0.0251. The fourth-order valence-electron chi connectivity index (χ4n) is 2.55. The third kappa shape index (κ3) is 6.83. The van der Waals surface area contributed by atoms with Gasteiger partial charge in [0, 0.05) is 39.5 Å². The lowest BCUT2D eigenvalue weighted by atomic mass is 10.1. The Hall–Kier alpha value is -1.32. The van der Waals surface area contributed by atoms with Gasteiger partial charge in [0.05, 0.1) is 22.4 Å². The maximum atomic E-state index is 12.4. The maximum absolute atomic E-state index is 12.4. The topological polar surface area (TPSA) is 54.5 Å². The monoisotopic (exact) mass is 377 g/mol. The first-order valence-electron chi connectivity index (χ1n) is 8.06. The van der Waals surface area contributed by atoms with Crippen molar-refractivity contribution in [3.63, 3.8) is 0 Å². The second kappa shape index (κ2) is 9.40. The number of nitrogens with one attached hydrogen (secondary N) is 1. The first-order chi connectivity index (χ1) is 11.9. The van der Waals surface area contributed by atoms with Gasteiger partial charge in [0.2, 0.25) is 5.91 Å². The van der Waals surface area contributed by atoms with Crippen molar-refractivity contribution >= 4 is 17.7 Å². The SMILES string of the molecule is COC1CCN(CCNC(=O)CSc2ccc(C(F)(F)F)cn2)CC1. The predicted octanol–water partition coefficient (Wildman–Crippen LogP) is 2.42. The minimum absolute atomic E-state index is 0.129. The molecule has 2 rings (SSSR count). The molecule has 1 amide bonds. The van der Waals surface area contributed by atoms with Crippen LogP contribution < -0.4 is 5.32 Å². The molecule has 1 N–H and O–H groups in total. The van der Waals surface area contributed by atoms with Crippen molar-refractivity contribution in [2.75, 3.05) is 39.0 Å². The van der Waals surface area contributed by atoms with E-state index < -0.39 is 11.7 Å². The highest BCUT2D eigenvalue weighted by Gasteiger charge is 2.30. The van der Waals surface area contributed by atoms with E-state index in [0.29, 0.717) is 17.7 Å². The van der Waals surface area contributed by atoms with Crippen LogP contribution in [0.4, 0.5) is 13.2 Å². The van der Waals surface area contributed by atoms with E-state index in [2.05, 4.69) is 15.2 Å². The van der Waals surface area contributed by atoms with Crippen molar-refractivity contribution in [3.05, 3.63) is 23.9 Å². The van der Waals surface area contributed by atoms with Crippen molar-refractivity contribution in [1.29, 1.82) is 0 Å². The first-order valence-corrected chi connectivity index (χ1v) is 9.05. The maximum Gasteiger partial charge on any atom is 0.417 e. The highest BCUT2D eigenvalue weighted by atomic mass is 32.2. The van der Waals surface area contributed by atoms with Crippen molar-refractivity contribution in [1.82, 2.24) is 15.2 Å². The summed E-state index contributed by atoms with van der Waals surface area (Å²) >= 11 is 1.12. The van der Waals surface area contributed by atoms with Gasteiger partial charge in [-0.05, 0) is 25.0 Å². The predicted molar refractivity (Wildman–Crippen MR) is 89.4 cm³/mol. The number of halogens is 3. The van der Waals surface area contributed by atoms with E-state index in [1.807, 2.05) is 0 Å². The van der Waals surface area contributed by atoms with Gasteiger partial charge in [-0.3, -0.25) is 4.79 Å². The molecule has 5 nitrogen and oxygen atoms in total. The van der Waals surface area contributed by atoms with Gasteiger partial charge in [0.1, 0.15) is 0 Å². The Kier molecular flexibility index (Phi) is 7.52. The Labute approximate surface area is 149 Å². The molecule has 0 bridgehead atoms. The fourth-order valence-corrected chi connectivity index (χ4v) is 3.22. The van der Waals surface area contributed by atoms with Crippen LogP contribution in [-0.2, 0) is 15.7 Å². The number of rotatable bonds is 7. The fraction of sp³-hybridized carbons (Fsp3) is 0.625. The Morgan fingerprint density at radius 2 is 2.12 bits per heavy atom. The summed E-state index contributed by atoms with van der Waals surface area (Å²) in [6.07, 6.45) is -1.28. The highest BCUT2D eigenvalue weighted by Crippen LogP contribution is 2.29. The van der Waals surface area contributed by atoms with Crippen LogP contribution in [0.25, 0.3) is 0 Å².